The molecule has 1 nitrogen and oxygen atoms in total. The molecule has 0 N–H and O–H groups in total. The lowest BCUT2D eigenvalue weighted by molar-refractivity contribution is 0.661. The maximum Gasteiger partial charge on any atom is 0.136 e. The van der Waals surface area contributed by atoms with Gasteiger partial charge in [0.2, 0.25) is 0 Å². The molecule has 0 radical (unpaired) electrons. The van der Waals surface area contributed by atoms with E-state index in [0.717, 1.165) is 27.5 Å². The summed E-state index contributed by atoms with van der Waals surface area (Å²) < 4.78 is 9.09. The van der Waals surface area contributed by atoms with E-state index < -0.39 is 0 Å². The molecule has 0 bridgehead atoms. The summed E-state index contributed by atoms with van der Waals surface area (Å²) in [5.41, 5.74) is 14.8. The summed E-state index contributed by atoms with van der Waals surface area (Å²) in [6, 6.07) is 67.4. The van der Waals surface area contributed by atoms with Gasteiger partial charge >= 0.3 is 0 Å². The second-order valence-electron chi connectivity index (χ2n) is 16.7. The molecule has 10 aromatic carbocycles. The summed E-state index contributed by atoms with van der Waals surface area (Å²) in [6.45, 7) is 4.75. The molecule has 1 aliphatic carbocycles. The summed E-state index contributed by atoms with van der Waals surface area (Å²) in [5.74, 6) is 0. The van der Waals surface area contributed by atoms with E-state index in [4.69, 9.17) is 4.42 Å². The summed E-state index contributed by atoms with van der Waals surface area (Å²) in [5, 5.41) is 12.6. The van der Waals surface area contributed by atoms with Crippen molar-refractivity contribution in [2.24, 2.45) is 0 Å². The van der Waals surface area contributed by atoms with E-state index in [9.17, 15) is 0 Å². The lowest BCUT2D eigenvalue weighted by atomic mass is 9.82. The maximum atomic E-state index is 6.39. The SMILES string of the molecule is CC1(C)c2ccccc2-c2c1ccc1sc3c(-c4ccc(-c5c6ccccc6c(-c6ccc7c(c6)oc6ccccc67)c6ccccc56)cc4)c4ccccc4cc3c21. The van der Waals surface area contributed by atoms with Crippen LogP contribution in [0.15, 0.2) is 186 Å². The van der Waals surface area contributed by atoms with Crippen LogP contribution in [0.3, 0.4) is 0 Å². The number of fused-ring (bicyclic) bond motifs is 13. The van der Waals surface area contributed by atoms with Gasteiger partial charge in [0, 0.05) is 41.9 Å². The van der Waals surface area contributed by atoms with Crippen LogP contribution in [-0.4, -0.2) is 0 Å². The largest absolute Gasteiger partial charge is 0.456 e. The Hall–Kier alpha value is -7.00. The summed E-state index contributed by atoms with van der Waals surface area (Å²) in [6.07, 6.45) is 0. The molecule has 59 heavy (non-hydrogen) atoms. The molecule has 0 amide bonds. The highest BCUT2D eigenvalue weighted by atomic mass is 32.1. The average molecular weight is 769 g/mol. The minimum Gasteiger partial charge on any atom is -0.456 e. The Balaban J connectivity index is 1.02. The third kappa shape index (κ3) is 4.55. The van der Waals surface area contributed by atoms with Crippen molar-refractivity contribution in [3.8, 4) is 44.5 Å². The van der Waals surface area contributed by atoms with Crippen molar-refractivity contribution in [3.05, 3.63) is 193 Å². The van der Waals surface area contributed by atoms with E-state index in [1.54, 1.807) is 0 Å². The fourth-order valence-electron chi connectivity index (χ4n) is 10.6. The predicted octanol–water partition coefficient (Wildman–Crippen LogP) is 16.7. The number of para-hydroxylation sites is 1. The van der Waals surface area contributed by atoms with Crippen molar-refractivity contribution in [1.29, 1.82) is 0 Å². The Morgan fingerprint density at radius 1 is 0.390 bits per heavy atom. The number of hydrogen-bond acceptors (Lipinski definition) is 2. The Morgan fingerprint density at radius 2 is 0.949 bits per heavy atom. The van der Waals surface area contributed by atoms with Gasteiger partial charge in [-0.1, -0.05) is 166 Å². The van der Waals surface area contributed by atoms with Crippen LogP contribution in [0.2, 0.25) is 0 Å². The van der Waals surface area contributed by atoms with E-state index >= 15 is 0 Å². The van der Waals surface area contributed by atoms with Crippen molar-refractivity contribution < 1.29 is 4.42 Å². The maximum absolute atomic E-state index is 6.39. The van der Waals surface area contributed by atoms with E-state index in [0.29, 0.717) is 0 Å². The molecule has 0 aliphatic heterocycles. The highest BCUT2D eigenvalue weighted by molar-refractivity contribution is 7.26. The normalized spacial score (nSPS) is 13.4. The zero-order valence-corrected chi connectivity index (χ0v) is 33.5. The van der Waals surface area contributed by atoms with Crippen molar-refractivity contribution >= 4 is 85.8 Å². The van der Waals surface area contributed by atoms with Crippen molar-refractivity contribution in [2.45, 2.75) is 19.3 Å². The van der Waals surface area contributed by atoms with Crippen LogP contribution < -0.4 is 0 Å². The molecule has 0 atom stereocenters. The number of benzene rings is 10. The van der Waals surface area contributed by atoms with Crippen LogP contribution in [0.1, 0.15) is 25.0 Å². The van der Waals surface area contributed by atoms with Gasteiger partial charge in [0.1, 0.15) is 11.2 Å². The van der Waals surface area contributed by atoms with Gasteiger partial charge in [-0.25, -0.2) is 0 Å². The Kier molecular flexibility index (Phi) is 6.73. The van der Waals surface area contributed by atoms with Gasteiger partial charge in [0.05, 0.1) is 0 Å². The standard InChI is InChI=1S/C57H36OS/c1-57(2)46-21-11-9-20-44(46)54-47(57)29-30-50-55(54)45-31-35-13-3-4-14-37(35)53(56(45)59-50)34-25-23-33(24-26-34)51-40-16-5-7-18-42(40)52(43-19-8-6-17-41(43)51)36-27-28-39-38-15-10-12-22-48(38)58-49(39)32-36/h3-32H,1-2H3. The lowest BCUT2D eigenvalue weighted by Crippen LogP contribution is -2.14. The third-order valence-electron chi connectivity index (χ3n) is 13.3. The fourth-order valence-corrected chi connectivity index (χ4v) is 11.9. The van der Waals surface area contributed by atoms with E-state index in [1.165, 1.54) is 103 Å². The fraction of sp³-hybridized carbons (Fsp3) is 0.0526. The van der Waals surface area contributed by atoms with Crippen LogP contribution in [0.5, 0.6) is 0 Å². The molecule has 0 unspecified atom stereocenters. The molecule has 0 spiro atoms. The first-order chi connectivity index (χ1) is 29.0. The molecular weight excluding hydrogens is 733 g/mol. The molecule has 0 saturated carbocycles. The number of hydrogen-bond donors (Lipinski definition) is 0. The lowest BCUT2D eigenvalue weighted by Gasteiger charge is -2.21. The van der Waals surface area contributed by atoms with Crippen molar-refractivity contribution in [3.63, 3.8) is 0 Å². The Morgan fingerprint density at radius 3 is 1.68 bits per heavy atom. The molecule has 1 aliphatic rings. The molecule has 13 rings (SSSR count). The molecule has 2 heteroatoms. The first-order valence-electron chi connectivity index (χ1n) is 20.5. The van der Waals surface area contributed by atoms with Crippen molar-refractivity contribution in [1.82, 2.24) is 0 Å². The molecule has 2 heterocycles. The van der Waals surface area contributed by atoms with E-state index in [-0.39, 0.29) is 5.41 Å². The summed E-state index contributed by atoms with van der Waals surface area (Å²) in [4.78, 5) is 0. The molecule has 0 fully saturated rings. The first-order valence-corrected chi connectivity index (χ1v) is 21.3. The highest BCUT2D eigenvalue weighted by Crippen LogP contribution is 2.55. The van der Waals surface area contributed by atoms with Gasteiger partial charge in [-0.3, -0.25) is 0 Å². The van der Waals surface area contributed by atoms with Gasteiger partial charge in [-0.15, -0.1) is 11.3 Å². The molecule has 12 aromatic rings. The third-order valence-corrected chi connectivity index (χ3v) is 14.4. The molecule has 0 saturated heterocycles. The second kappa shape index (κ2) is 12.0. The van der Waals surface area contributed by atoms with Crippen LogP contribution in [0, 0.1) is 0 Å². The predicted molar refractivity (Wildman–Crippen MR) is 253 cm³/mol. The second-order valence-corrected chi connectivity index (χ2v) is 17.8. The Labute approximate surface area is 345 Å². The Bertz CT molecular complexity index is 3690. The van der Waals surface area contributed by atoms with Crippen LogP contribution in [-0.2, 0) is 5.41 Å². The van der Waals surface area contributed by atoms with E-state index in [1.807, 2.05) is 17.4 Å². The topological polar surface area (TPSA) is 13.1 Å². The molecule has 276 valence electrons. The minimum atomic E-state index is -0.0431. The number of furan rings is 1. The highest BCUT2D eigenvalue weighted by Gasteiger charge is 2.37. The molecular formula is C57H36OS. The number of rotatable bonds is 3. The zero-order chi connectivity index (χ0) is 39.0. The van der Waals surface area contributed by atoms with Gasteiger partial charge in [-0.2, -0.15) is 0 Å². The van der Waals surface area contributed by atoms with Gasteiger partial charge < -0.3 is 4.42 Å². The smallest absolute Gasteiger partial charge is 0.136 e. The average Bonchev–Trinajstić information content (AvgIpc) is 3.91. The summed E-state index contributed by atoms with van der Waals surface area (Å²) >= 11 is 1.94. The monoisotopic (exact) mass is 768 g/mol. The first kappa shape index (κ1) is 33.0. The zero-order valence-electron chi connectivity index (χ0n) is 32.6. The van der Waals surface area contributed by atoms with Gasteiger partial charge in [0.25, 0.3) is 0 Å². The van der Waals surface area contributed by atoms with Gasteiger partial charge in [0.15, 0.2) is 0 Å². The quantitative estimate of drug-likeness (QED) is 0.163. The van der Waals surface area contributed by atoms with Crippen LogP contribution >= 0.6 is 11.3 Å². The van der Waals surface area contributed by atoms with Crippen molar-refractivity contribution in [2.75, 3.05) is 0 Å². The van der Waals surface area contributed by atoms with Gasteiger partial charge in [-0.05, 0) is 113 Å². The minimum absolute atomic E-state index is 0.0431. The van der Waals surface area contributed by atoms with Crippen LogP contribution in [0.25, 0.3) is 119 Å². The summed E-state index contributed by atoms with van der Waals surface area (Å²) in [7, 11) is 0. The van der Waals surface area contributed by atoms with Crippen LogP contribution in [0.4, 0.5) is 0 Å². The van der Waals surface area contributed by atoms with E-state index in [2.05, 4.69) is 190 Å². The molecule has 2 aromatic heterocycles. The number of thiophene rings is 1.